The Kier molecular flexibility index (Phi) is 9.02. The second-order valence-corrected chi connectivity index (χ2v) is 7.60. The highest BCUT2D eigenvalue weighted by atomic mass is 35.5. The predicted molar refractivity (Wildman–Crippen MR) is 98.7 cm³/mol. The van der Waals surface area contributed by atoms with Gasteiger partial charge in [0.25, 0.3) is 0 Å². The van der Waals surface area contributed by atoms with Crippen LogP contribution in [0.2, 0.25) is 0 Å². The first-order valence-corrected chi connectivity index (χ1v) is 8.26. The Morgan fingerprint density at radius 1 is 1.39 bits per heavy atom. The number of nitrogens with two attached hydrogens (primary N) is 1. The van der Waals surface area contributed by atoms with Gasteiger partial charge in [0.2, 0.25) is 5.91 Å². The molecule has 3 N–H and O–H groups in total. The Hall–Kier alpha value is -0.400. The lowest BCUT2D eigenvalue weighted by atomic mass is 9.79. The molecule has 23 heavy (non-hydrogen) atoms. The van der Waals surface area contributed by atoms with E-state index in [1.165, 1.54) is 0 Å². The molecule has 1 aromatic rings. The molecular formula is C15H27Cl2N3O2S. The molecule has 0 unspecified atom stereocenters. The SMILES string of the molecule is CC(C)(C)c1csc(CNC(=O)C2(CN)CCOCC2)n1.Cl.Cl. The number of hydrogen-bond donors (Lipinski definition) is 2. The van der Waals surface area contributed by atoms with Crippen molar-refractivity contribution in [2.24, 2.45) is 11.1 Å². The van der Waals surface area contributed by atoms with Crippen molar-refractivity contribution in [2.45, 2.75) is 45.6 Å². The molecule has 0 aliphatic carbocycles. The van der Waals surface area contributed by atoms with Gasteiger partial charge in [0, 0.05) is 30.6 Å². The summed E-state index contributed by atoms with van der Waals surface area (Å²) in [6.45, 7) is 8.46. The molecule has 134 valence electrons. The van der Waals surface area contributed by atoms with Crippen LogP contribution in [0.25, 0.3) is 0 Å². The molecule has 5 nitrogen and oxygen atoms in total. The van der Waals surface area contributed by atoms with Crippen molar-refractivity contribution in [1.82, 2.24) is 10.3 Å². The predicted octanol–water partition coefficient (Wildman–Crippen LogP) is 2.66. The van der Waals surface area contributed by atoms with Gasteiger partial charge in [-0.2, -0.15) is 0 Å². The van der Waals surface area contributed by atoms with Gasteiger partial charge >= 0.3 is 0 Å². The van der Waals surface area contributed by atoms with Gasteiger partial charge in [0.15, 0.2) is 0 Å². The summed E-state index contributed by atoms with van der Waals surface area (Å²) in [4.78, 5) is 17.1. The number of halogens is 2. The molecule has 0 radical (unpaired) electrons. The zero-order chi connectivity index (χ0) is 15.5. The van der Waals surface area contributed by atoms with E-state index in [1.807, 2.05) is 0 Å². The van der Waals surface area contributed by atoms with Gasteiger partial charge in [-0.15, -0.1) is 36.2 Å². The summed E-state index contributed by atoms with van der Waals surface area (Å²) in [6, 6.07) is 0. The zero-order valence-electron chi connectivity index (χ0n) is 13.9. The number of nitrogens with one attached hydrogen (secondary N) is 1. The smallest absolute Gasteiger partial charge is 0.228 e. The highest BCUT2D eigenvalue weighted by Crippen LogP contribution is 2.30. The van der Waals surface area contributed by atoms with Crippen molar-refractivity contribution in [1.29, 1.82) is 0 Å². The first-order valence-electron chi connectivity index (χ1n) is 7.38. The third-order valence-corrected chi connectivity index (χ3v) is 4.89. The monoisotopic (exact) mass is 383 g/mol. The summed E-state index contributed by atoms with van der Waals surface area (Å²) >= 11 is 1.59. The quantitative estimate of drug-likeness (QED) is 0.837. The van der Waals surface area contributed by atoms with Crippen LogP contribution in [0.5, 0.6) is 0 Å². The van der Waals surface area contributed by atoms with Gasteiger partial charge in [-0.05, 0) is 12.8 Å². The van der Waals surface area contributed by atoms with E-state index >= 15 is 0 Å². The number of hydrogen-bond acceptors (Lipinski definition) is 5. The third kappa shape index (κ3) is 5.57. The first-order chi connectivity index (χ1) is 9.87. The van der Waals surface area contributed by atoms with Crippen LogP contribution in [0.1, 0.15) is 44.3 Å². The van der Waals surface area contributed by atoms with Gasteiger partial charge in [0.05, 0.1) is 17.7 Å². The molecular weight excluding hydrogens is 357 g/mol. The summed E-state index contributed by atoms with van der Waals surface area (Å²) in [5, 5.41) is 6.00. The highest BCUT2D eigenvalue weighted by molar-refractivity contribution is 7.09. The van der Waals surface area contributed by atoms with Crippen LogP contribution in [0.4, 0.5) is 0 Å². The van der Waals surface area contributed by atoms with Crippen molar-refractivity contribution in [3.63, 3.8) is 0 Å². The lowest BCUT2D eigenvalue weighted by molar-refractivity contribution is -0.136. The van der Waals surface area contributed by atoms with Crippen molar-refractivity contribution in [3.05, 3.63) is 16.1 Å². The number of thiazole rings is 1. The molecule has 1 aliphatic heterocycles. The van der Waals surface area contributed by atoms with Crippen LogP contribution in [0.15, 0.2) is 5.38 Å². The minimum Gasteiger partial charge on any atom is -0.381 e. The average molecular weight is 384 g/mol. The lowest BCUT2D eigenvalue weighted by Crippen LogP contribution is -2.48. The molecule has 1 aromatic heterocycles. The Labute approximate surface area is 154 Å². The van der Waals surface area contributed by atoms with Crippen molar-refractivity contribution in [3.8, 4) is 0 Å². The van der Waals surface area contributed by atoms with E-state index in [1.54, 1.807) is 11.3 Å². The normalized spacial score (nSPS) is 16.9. The second-order valence-electron chi connectivity index (χ2n) is 6.66. The van der Waals surface area contributed by atoms with Crippen LogP contribution < -0.4 is 11.1 Å². The maximum atomic E-state index is 12.5. The Balaban J connectivity index is 0.00000242. The molecule has 0 bridgehead atoms. The molecule has 1 amide bonds. The third-order valence-electron chi connectivity index (χ3n) is 4.04. The van der Waals surface area contributed by atoms with Crippen LogP contribution in [0.3, 0.4) is 0 Å². The molecule has 2 rings (SSSR count). The summed E-state index contributed by atoms with van der Waals surface area (Å²) < 4.78 is 5.33. The fraction of sp³-hybridized carbons (Fsp3) is 0.733. The zero-order valence-corrected chi connectivity index (χ0v) is 16.3. The number of ether oxygens (including phenoxy) is 1. The number of rotatable bonds is 4. The molecule has 0 saturated carbocycles. The van der Waals surface area contributed by atoms with Crippen molar-refractivity contribution in [2.75, 3.05) is 19.8 Å². The summed E-state index contributed by atoms with van der Waals surface area (Å²) in [5.74, 6) is 0.0285. The molecule has 0 aromatic carbocycles. The number of nitrogens with zero attached hydrogens (tertiary/aromatic N) is 1. The van der Waals surface area contributed by atoms with Crippen LogP contribution >= 0.6 is 36.2 Å². The van der Waals surface area contributed by atoms with E-state index in [4.69, 9.17) is 10.5 Å². The fourth-order valence-electron chi connectivity index (χ4n) is 2.37. The Morgan fingerprint density at radius 3 is 2.48 bits per heavy atom. The minimum atomic E-state index is -0.470. The molecule has 0 spiro atoms. The van der Waals surface area contributed by atoms with Gasteiger partial charge in [-0.25, -0.2) is 4.98 Å². The van der Waals surface area contributed by atoms with E-state index < -0.39 is 5.41 Å². The molecule has 1 saturated heterocycles. The largest absolute Gasteiger partial charge is 0.381 e. The molecule has 1 aliphatic rings. The summed E-state index contributed by atoms with van der Waals surface area (Å²) in [6.07, 6.45) is 1.39. The summed E-state index contributed by atoms with van der Waals surface area (Å²) in [7, 11) is 0. The number of carbonyl (C=O) groups excluding carboxylic acids is 1. The maximum absolute atomic E-state index is 12.5. The van der Waals surface area contributed by atoms with Crippen LogP contribution in [-0.4, -0.2) is 30.6 Å². The lowest BCUT2D eigenvalue weighted by Gasteiger charge is -2.34. The molecule has 0 atom stereocenters. The van der Waals surface area contributed by atoms with Gasteiger partial charge in [-0.3, -0.25) is 4.79 Å². The van der Waals surface area contributed by atoms with E-state index in [-0.39, 0.29) is 36.1 Å². The van der Waals surface area contributed by atoms with Crippen molar-refractivity contribution < 1.29 is 9.53 Å². The van der Waals surface area contributed by atoms with Gasteiger partial charge < -0.3 is 15.8 Å². The highest BCUT2D eigenvalue weighted by Gasteiger charge is 2.38. The topological polar surface area (TPSA) is 77.2 Å². The first kappa shape index (κ1) is 22.6. The van der Waals surface area contributed by atoms with E-state index in [0.29, 0.717) is 39.1 Å². The average Bonchev–Trinajstić information content (AvgIpc) is 2.94. The number of amides is 1. The van der Waals surface area contributed by atoms with Crippen LogP contribution in [-0.2, 0) is 21.5 Å². The maximum Gasteiger partial charge on any atom is 0.228 e. The van der Waals surface area contributed by atoms with E-state index in [2.05, 4.69) is 36.5 Å². The van der Waals surface area contributed by atoms with Crippen LogP contribution in [0, 0.1) is 5.41 Å². The molecule has 1 fully saturated rings. The molecule has 2 heterocycles. The van der Waals surface area contributed by atoms with Gasteiger partial charge in [-0.1, -0.05) is 20.8 Å². The fourth-order valence-corrected chi connectivity index (χ4v) is 3.33. The Morgan fingerprint density at radius 2 is 2.00 bits per heavy atom. The summed E-state index contributed by atoms with van der Waals surface area (Å²) in [5.41, 5.74) is 6.48. The number of aromatic nitrogens is 1. The minimum absolute atomic E-state index is 0. The van der Waals surface area contributed by atoms with Gasteiger partial charge in [0.1, 0.15) is 5.01 Å². The second kappa shape index (κ2) is 9.18. The number of carbonyl (C=O) groups is 1. The van der Waals surface area contributed by atoms with E-state index in [9.17, 15) is 4.79 Å². The van der Waals surface area contributed by atoms with E-state index in [0.717, 1.165) is 10.7 Å². The standard InChI is InChI=1S/C15H25N3O2S.2ClH/c1-14(2,3)11-9-21-12(18-11)8-17-13(19)15(10-16)4-6-20-7-5-15;;/h9H,4-8,10,16H2,1-3H3,(H,17,19);2*1H. The van der Waals surface area contributed by atoms with Crippen molar-refractivity contribution >= 4 is 42.1 Å². The Bertz CT molecular complexity index is 497. The molecule has 8 heteroatoms.